The highest BCUT2D eigenvalue weighted by Crippen LogP contribution is 2.31. The van der Waals surface area contributed by atoms with Crippen LogP contribution in [0.5, 0.6) is 11.5 Å². The standard InChI is InChI=1S/C21H15F3N2O5/c22-21(23,24)15-5-3-14(4-6-15)20-25-18(31-26-20)12-30-19(27)8-2-13-1-7-16-17(11-13)29-10-9-28-16/h1-8,11H,9-10,12H2/b8-2+. The summed E-state index contributed by atoms with van der Waals surface area (Å²) in [6.07, 6.45) is -1.64. The predicted molar refractivity (Wildman–Crippen MR) is 101 cm³/mol. The fraction of sp³-hybridized carbons (Fsp3) is 0.190. The number of hydrogen-bond acceptors (Lipinski definition) is 7. The van der Waals surface area contributed by atoms with Crippen molar-refractivity contribution in [3.63, 3.8) is 0 Å². The lowest BCUT2D eigenvalue weighted by atomic mass is 10.1. The zero-order chi connectivity index (χ0) is 21.8. The number of esters is 1. The lowest BCUT2D eigenvalue weighted by Crippen LogP contribution is -2.15. The molecule has 0 aliphatic carbocycles. The summed E-state index contributed by atoms with van der Waals surface area (Å²) in [6, 6.07) is 9.58. The minimum absolute atomic E-state index is 0.0102. The lowest BCUT2D eigenvalue weighted by molar-refractivity contribution is -0.140. The number of alkyl halides is 3. The van der Waals surface area contributed by atoms with E-state index >= 15 is 0 Å². The summed E-state index contributed by atoms with van der Waals surface area (Å²) < 4.78 is 58.8. The third kappa shape index (κ3) is 5.03. The maximum Gasteiger partial charge on any atom is 0.416 e. The topological polar surface area (TPSA) is 83.7 Å². The van der Waals surface area contributed by atoms with E-state index in [1.807, 2.05) is 0 Å². The maximum absolute atomic E-state index is 12.6. The number of aromatic nitrogens is 2. The highest BCUT2D eigenvalue weighted by Gasteiger charge is 2.30. The van der Waals surface area contributed by atoms with Gasteiger partial charge < -0.3 is 18.7 Å². The summed E-state index contributed by atoms with van der Waals surface area (Å²) in [5.41, 5.74) is 0.287. The molecule has 1 aliphatic rings. The van der Waals surface area contributed by atoms with Gasteiger partial charge in [0.25, 0.3) is 5.89 Å². The Morgan fingerprint density at radius 3 is 2.55 bits per heavy atom. The number of ether oxygens (including phenoxy) is 3. The number of halogens is 3. The van der Waals surface area contributed by atoms with Crippen LogP contribution in [-0.2, 0) is 22.3 Å². The van der Waals surface area contributed by atoms with Gasteiger partial charge in [0, 0.05) is 11.6 Å². The molecule has 0 N–H and O–H groups in total. The highest BCUT2D eigenvalue weighted by atomic mass is 19.4. The number of benzene rings is 2. The largest absolute Gasteiger partial charge is 0.486 e. The maximum atomic E-state index is 12.6. The highest BCUT2D eigenvalue weighted by molar-refractivity contribution is 5.87. The average Bonchev–Trinajstić information content (AvgIpc) is 3.25. The Morgan fingerprint density at radius 2 is 1.81 bits per heavy atom. The third-order valence-corrected chi connectivity index (χ3v) is 4.25. The lowest BCUT2D eigenvalue weighted by Gasteiger charge is -2.18. The Morgan fingerprint density at radius 1 is 1.06 bits per heavy atom. The van der Waals surface area contributed by atoms with Gasteiger partial charge in [0.1, 0.15) is 13.2 Å². The van der Waals surface area contributed by atoms with Gasteiger partial charge in [0.15, 0.2) is 18.1 Å². The van der Waals surface area contributed by atoms with E-state index in [1.165, 1.54) is 18.2 Å². The molecule has 4 rings (SSSR count). The molecule has 0 amide bonds. The molecule has 1 aliphatic heterocycles. The summed E-state index contributed by atoms with van der Waals surface area (Å²) in [5, 5.41) is 3.69. The van der Waals surface area contributed by atoms with Gasteiger partial charge in [-0.1, -0.05) is 23.4 Å². The van der Waals surface area contributed by atoms with E-state index in [4.69, 9.17) is 18.7 Å². The van der Waals surface area contributed by atoms with Crippen molar-refractivity contribution in [3.8, 4) is 22.9 Å². The molecule has 3 aromatic rings. The minimum atomic E-state index is -4.43. The molecular weight excluding hydrogens is 417 g/mol. The van der Waals surface area contributed by atoms with Crippen LogP contribution in [0.2, 0.25) is 0 Å². The van der Waals surface area contributed by atoms with Gasteiger partial charge in [-0.3, -0.25) is 0 Å². The first-order valence-electron chi connectivity index (χ1n) is 9.13. The van der Waals surface area contributed by atoms with Crippen molar-refractivity contribution in [2.45, 2.75) is 12.8 Å². The van der Waals surface area contributed by atoms with Gasteiger partial charge in [-0.05, 0) is 35.9 Å². The van der Waals surface area contributed by atoms with E-state index in [1.54, 1.807) is 24.3 Å². The van der Waals surface area contributed by atoms with Crippen LogP contribution in [0.15, 0.2) is 53.1 Å². The second kappa shape index (κ2) is 8.50. The Kier molecular flexibility index (Phi) is 5.61. The van der Waals surface area contributed by atoms with Crippen LogP contribution >= 0.6 is 0 Å². The van der Waals surface area contributed by atoms with Gasteiger partial charge >= 0.3 is 12.1 Å². The number of rotatable bonds is 5. The van der Waals surface area contributed by atoms with Gasteiger partial charge in [0.05, 0.1) is 5.56 Å². The van der Waals surface area contributed by atoms with E-state index in [9.17, 15) is 18.0 Å². The van der Waals surface area contributed by atoms with Crippen molar-refractivity contribution < 1.29 is 36.7 Å². The van der Waals surface area contributed by atoms with Crippen LogP contribution in [0.1, 0.15) is 17.0 Å². The summed E-state index contributed by atoms with van der Waals surface area (Å²) in [4.78, 5) is 15.9. The smallest absolute Gasteiger partial charge is 0.416 e. The van der Waals surface area contributed by atoms with Crippen LogP contribution in [0.25, 0.3) is 17.5 Å². The summed E-state index contributed by atoms with van der Waals surface area (Å²) >= 11 is 0. The second-order valence-corrected chi connectivity index (χ2v) is 6.43. The third-order valence-electron chi connectivity index (χ3n) is 4.25. The molecule has 10 heteroatoms. The zero-order valence-electron chi connectivity index (χ0n) is 15.9. The molecule has 0 saturated heterocycles. The Labute approximate surface area is 174 Å². The van der Waals surface area contributed by atoms with Gasteiger partial charge in [-0.2, -0.15) is 18.2 Å². The van der Waals surface area contributed by atoms with Gasteiger partial charge in [0.2, 0.25) is 5.82 Å². The van der Waals surface area contributed by atoms with E-state index < -0.39 is 17.7 Å². The molecule has 0 bridgehead atoms. The number of carbonyl (C=O) groups is 1. The molecule has 0 radical (unpaired) electrons. The molecule has 1 aromatic heterocycles. The van der Waals surface area contributed by atoms with Gasteiger partial charge in [-0.25, -0.2) is 4.79 Å². The molecular formula is C21H15F3N2O5. The molecule has 0 spiro atoms. The Bertz CT molecular complexity index is 1110. The SMILES string of the molecule is O=C(/C=C/c1ccc2c(c1)OCCO2)OCc1nc(-c2ccc(C(F)(F)F)cc2)no1. The summed E-state index contributed by atoms with van der Waals surface area (Å²) in [7, 11) is 0. The molecule has 0 fully saturated rings. The second-order valence-electron chi connectivity index (χ2n) is 6.43. The monoisotopic (exact) mass is 432 g/mol. The molecule has 0 saturated carbocycles. The molecule has 2 aromatic carbocycles. The van der Waals surface area contributed by atoms with Crippen molar-refractivity contribution in [2.24, 2.45) is 0 Å². The van der Waals surface area contributed by atoms with E-state index in [-0.39, 0.29) is 18.3 Å². The van der Waals surface area contributed by atoms with Crippen molar-refractivity contribution in [1.82, 2.24) is 10.1 Å². The summed E-state index contributed by atoms with van der Waals surface area (Å²) in [6.45, 7) is 0.670. The fourth-order valence-corrected chi connectivity index (χ4v) is 2.75. The number of fused-ring (bicyclic) bond motifs is 1. The van der Waals surface area contributed by atoms with Crippen LogP contribution in [0, 0.1) is 0 Å². The Balaban J connectivity index is 1.33. The van der Waals surface area contributed by atoms with E-state index in [2.05, 4.69) is 10.1 Å². The fourth-order valence-electron chi connectivity index (χ4n) is 2.75. The Hall–Kier alpha value is -3.82. The first-order valence-corrected chi connectivity index (χ1v) is 9.13. The van der Waals surface area contributed by atoms with Gasteiger partial charge in [-0.15, -0.1) is 0 Å². The molecule has 7 nitrogen and oxygen atoms in total. The first kappa shape index (κ1) is 20.5. The molecule has 0 atom stereocenters. The van der Waals surface area contributed by atoms with Crippen molar-refractivity contribution in [3.05, 3.63) is 65.6 Å². The normalized spacial score (nSPS) is 13.4. The van der Waals surface area contributed by atoms with E-state index in [0.717, 1.165) is 17.7 Å². The number of carbonyl (C=O) groups excluding carboxylic acids is 1. The first-order chi connectivity index (χ1) is 14.9. The molecule has 31 heavy (non-hydrogen) atoms. The minimum Gasteiger partial charge on any atom is -0.486 e. The summed E-state index contributed by atoms with van der Waals surface area (Å²) in [5.74, 6) is 0.710. The predicted octanol–water partition coefficient (Wildman–Crippen LogP) is 4.28. The van der Waals surface area contributed by atoms with Crippen molar-refractivity contribution >= 4 is 12.0 Å². The quantitative estimate of drug-likeness (QED) is 0.439. The van der Waals surface area contributed by atoms with Crippen molar-refractivity contribution in [1.29, 1.82) is 0 Å². The van der Waals surface area contributed by atoms with Crippen LogP contribution < -0.4 is 9.47 Å². The molecule has 160 valence electrons. The van der Waals surface area contributed by atoms with Crippen LogP contribution in [0.3, 0.4) is 0 Å². The van der Waals surface area contributed by atoms with E-state index in [0.29, 0.717) is 30.3 Å². The number of nitrogens with zero attached hydrogens (tertiary/aromatic N) is 2. The molecule has 2 heterocycles. The number of hydrogen-bond donors (Lipinski definition) is 0. The van der Waals surface area contributed by atoms with Crippen molar-refractivity contribution in [2.75, 3.05) is 13.2 Å². The van der Waals surface area contributed by atoms with Crippen LogP contribution in [-0.4, -0.2) is 29.3 Å². The average molecular weight is 432 g/mol. The van der Waals surface area contributed by atoms with Crippen LogP contribution in [0.4, 0.5) is 13.2 Å². The zero-order valence-corrected chi connectivity index (χ0v) is 15.9. The molecule has 0 unspecified atom stereocenters.